The van der Waals surface area contributed by atoms with E-state index in [1.54, 1.807) is 24.3 Å². The Kier molecular flexibility index (Phi) is 7.70. The average molecular weight is 500 g/mol. The predicted molar refractivity (Wildman–Crippen MR) is 138 cm³/mol. The van der Waals surface area contributed by atoms with Crippen molar-refractivity contribution in [2.24, 2.45) is 5.92 Å². The van der Waals surface area contributed by atoms with Gasteiger partial charge in [-0.05, 0) is 70.3 Å². The summed E-state index contributed by atoms with van der Waals surface area (Å²) in [7, 11) is -1.35. The van der Waals surface area contributed by atoms with Gasteiger partial charge in [-0.2, -0.15) is 0 Å². The van der Waals surface area contributed by atoms with Crippen LogP contribution in [0.25, 0.3) is 10.2 Å². The molecule has 0 saturated heterocycles. The van der Waals surface area contributed by atoms with Gasteiger partial charge in [0, 0.05) is 18.1 Å². The van der Waals surface area contributed by atoms with Crippen LogP contribution in [0.5, 0.6) is 0 Å². The lowest BCUT2D eigenvalue weighted by Crippen LogP contribution is -2.51. The number of aromatic nitrogens is 1. The molecule has 0 aliphatic heterocycles. The molecule has 1 amide bonds. The van der Waals surface area contributed by atoms with Crippen LogP contribution in [0.3, 0.4) is 0 Å². The summed E-state index contributed by atoms with van der Waals surface area (Å²) >= 11 is 1.53. The summed E-state index contributed by atoms with van der Waals surface area (Å²) in [5, 5.41) is 3.95. The number of sulfone groups is 1. The molecule has 1 fully saturated rings. The van der Waals surface area contributed by atoms with Crippen molar-refractivity contribution in [1.82, 2.24) is 15.2 Å². The Morgan fingerprint density at radius 3 is 2.53 bits per heavy atom. The number of para-hydroxylation sites is 1. The highest BCUT2D eigenvalue weighted by Crippen LogP contribution is 2.31. The topological polar surface area (TPSA) is 79.4 Å². The van der Waals surface area contributed by atoms with Gasteiger partial charge in [-0.25, -0.2) is 13.4 Å². The molecule has 1 aliphatic rings. The first kappa shape index (κ1) is 24.8. The summed E-state index contributed by atoms with van der Waals surface area (Å²) in [6, 6.07) is 17.0. The molecule has 1 N–H and O–H groups in total. The molecule has 1 saturated carbocycles. The minimum atomic E-state index is -3.45. The lowest BCUT2D eigenvalue weighted by Gasteiger charge is -2.41. The number of fused-ring (bicyclic) bond motifs is 1. The lowest BCUT2D eigenvalue weighted by molar-refractivity contribution is -0.121. The van der Waals surface area contributed by atoms with Gasteiger partial charge < -0.3 is 10.2 Å². The van der Waals surface area contributed by atoms with Gasteiger partial charge in [-0.15, -0.1) is 11.3 Å². The molecule has 0 bridgehead atoms. The zero-order valence-electron chi connectivity index (χ0n) is 20.0. The smallest absolute Gasteiger partial charge is 0.227 e. The Bertz CT molecular complexity index is 1190. The molecule has 0 spiro atoms. The highest BCUT2D eigenvalue weighted by atomic mass is 32.2. The number of carbonyl (C=O) groups excluding carboxylic acids is 1. The molecule has 4 rings (SSSR count). The molecule has 0 radical (unpaired) electrons. The predicted octanol–water partition coefficient (Wildman–Crippen LogP) is 4.31. The number of nitrogens with zero attached hydrogens (tertiary/aromatic N) is 2. The summed E-state index contributed by atoms with van der Waals surface area (Å²) in [6.45, 7) is 4.31. The second kappa shape index (κ2) is 10.5. The van der Waals surface area contributed by atoms with E-state index in [4.69, 9.17) is 0 Å². The van der Waals surface area contributed by atoms with Crippen molar-refractivity contribution in [1.29, 1.82) is 0 Å². The van der Waals surface area contributed by atoms with Crippen molar-refractivity contribution >= 4 is 37.3 Å². The Labute approximate surface area is 206 Å². The Balaban J connectivity index is 1.49. The second-order valence-corrected chi connectivity index (χ2v) is 12.7. The number of carbonyl (C=O) groups is 1. The number of thiazole rings is 1. The van der Waals surface area contributed by atoms with Gasteiger partial charge in [0.25, 0.3) is 0 Å². The molecule has 1 aromatic heterocycles. The highest BCUT2D eigenvalue weighted by Gasteiger charge is 2.36. The number of hydrogen-bond acceptors (Lipinski definition) is 6. The fourth-order valence-electron chi connectivity index (χ4n) is 4.80. The monoisotopic (exact) mass is 499 g/mol. The number of benzene rings is 2. The molecule has 182 valence electrons. The van der Waals surface area contributed by atoms with Crippen LogP contribution in [0, 0.1) is 5.92 Å². The normalized spacial score (nSPS) is 21.3. The average Bonchev–Trinajstić information content (AvgIpc) is 3.22. The van der Waals surface area contributed by atoms with E-state index >= 15 is 0 Å². The third-order valence-corrected chi connectivity index (χ3v) is 9.77. The van der Waals surface area contributed by atoms with Crippen molar-refractivity contribution in [3.63, 3.8) is 0 Å². The Morgan fingerprint density at radius 2 is 1.82 bits per heavy atom. The van der Waals surface area contributed by atoms with E-state index in [2.05, 4.69) is 36.1 Å². The first-order valence-electron chi connectivity index (χ1n) is 11.9. The molecule has 8 heteroatoms. The fraction of sp³-hybridized carbons (Fsp3) is 0.462. The third kappa shape index (κ3) is 5.85. The van der Waals surface area contributed by atoms with Crippen LogP contribution in [0.4, 0.5) is 0 Å². The quantitative estimate of drug-likeness (QED) is 0.500. The van der Waals surface area contributed by atoms with Gasteiger partial charge in [-0.1, -0.05) is 30.3 Å². The van der Waals surface area contributed by atoms with Crippen molar-refractivity contribution in [3.05, 3.63) is 59.6 Å². The van der Waals surface area contributed by atoms with Crippen LogP contribution in [0.1, 0.15) is 38.1 Å². The van der Waals surface area contributed by atoms with Gasteiger partial charge in [-0.3, -0.25) is 4.79 Å². The highest BCUT2D eigenvalue weighted by molar-refractivity contribution is 7.91. The Morgan fingerprint density at radius 1 is 1.12 bits per heavy atom. The molecule has 1 aliphatic carbocycles. The summed E-state index contributed by atoms with van der Waals surface area (Å²) < 4.78 is 27.5. The van der Waals surface area contributed by atoms with Crippen LogP contribution in [-0.2, 0) is 21.1 Å². The number of amides is 1. The lowest BCUT2D eigenvalue weighted by atomic mass is 9.81. The minimum absolute atomic E-state index is 0.0333. The van der Waals surface area contributed by atoms with Gasteiger partial charge in [0.15, 0.2) is 9.84 Å². The molecule has 3 aromatic rings. The van der Waals surface area contributed by atoms with Gasteiger partial charge in [0.05, 0.1) is 27.3 Å². The number of rotatable bonds is 8. The van der Waals surface area contributed by atoms with Crippen LogP contribution in [-0.4, -0.2) is 55.1 Å². The summed E-state index contributed by atoms with van der Waals surface area (Å²) in [4.78, 5) is 20.2. The van der Waals surface area contributed by atoms with Crippen molar-refractivity contribution in [2.45, 2.75) is 62.6 Å². The van der Waals surface area contributed by atoms with E-state index in [1.807, 2.05) is 30.3 Å². The summed E-state index contributed by atoms with van der Waals surface area (Å²) in [6.07, 6.45) is 2.65. The maximum atomic E-state index is 13.2. The van der Waals surface area contributed by atoms with Crippen molar-refractivity contribution < 1.29 is 13.2 Å². The van der Waals surface area contributed by atoms with E-state index in [0.717, 1.165) is 34.5 Å². The summed E-state index contributed by atoms with van der Waals surface area (Å²) in [5.41, 5.74) is 0.902. The van der Waals surface area contributed by atoms with E-state index in [9.17, 15) is 13.2 Å². The van der Waals surface area contributed by atoms with Gasteiger partial charge in [0.1, 0.15) is 5.01 Å². The summed E-state index contributed by atoms with van der Waals surface area (Å²) in [5.74, 6) is -0.211. The second-order valence-electron chi connectivity index (χ2n) is 9.51. The molecule has 34 heavy (non-hydrogen) atoms. The number of hydrogen-bond donors (Lipinski definition) is 1. The SMILES string of the molecule is CC(C)N(C)[C@@H]1CC[C@H](NC(=O)Cc2nc3ccccc3s2)[C@@H](CS(=O)(=O)c2ccccc2)C1. The number of nitrogens with one attached hydrogen (secondary N) is 1. The van der Waals surface area contributed by atoms with E-state index in [0.29, 0.717) is 17.0 Å². The van der Waals surface area contributed by atoms with E-state index < -0.39 is 9.84 Å². The zero-order chi connectivity index (χ0) is 24.3. The first-order chi connectivity index (χ1) is 16.2. The van der Waals surface area contributed by atoms with E-state index in [-0.39, 0.29) is 30.0 Å². The molecule has 3 atom stereocenters. The maximum Gasteiger partial charge on any atom is 0.227 e. The zero-order valence-corrected chi connectivity index (χ0v) is 21.6. The van der Waals surface area contributed by atoms with Crippen LogP contribution in [0.2, 0.25) is 0 Å². The maximum absolute atomic E-state index is 13.2. The minimum Gasteiger partial charge on any atom is -0.353 e. The molecule has 1 heterocycles. The molecule has 0 unspecified atom stereocenters. The van der Waals surface area contributed by atoms with E-state index in [1.165, 1.54) is 11.3 Å². The van der Waals surface area contributed by atoms with Gasteiger partial charge in [0.2, 0.25) is 5.91 Å². The third-order valence-electron chi connectivity index (χ3n) is 6.88. The van der Waals surface area contributed by atoms with Crippen LogP contribution < -0.4 is 5.32 Å². The molecular formula is C26H33N3O3S2. The molecule has 2 aromatic carbocycles. The largest absolute Gasteiger partial charge is 0.353 e. The van der Waals surface area contributed by atoms with Gasteiger partial charge >= 0.3 is 0 Å². The molecule has 6 nitrogen and oxygen atoms in total. The van der Waals surface area contributed by atoms with Crippen molar-refractivity contribution in [3.8, 4) is 0 Å². The van der Waals surface area contributed by atoms with Crippen LogP contribution >= 0.6 is 11.3 Å². The fourth-order valence-corrected chi connectivity index (χ4v) is 7.46. The Hall–Kier alpha value is -2.29. The first-order valence-corrected chi connectivity index (χ1v) is 14.3. The standard InChI is InChI=1S/C26H33N3O3S2/c1-18(2)29(3)20-13-14-22(19(15-20)17-34(31,32)21-9-5-4-6-10-21)27-25(30)16-26-28-23-11-7-8-12-24(23)33-26/h4-12,18-20,22H,13-17H2,1-3H3,(H,27,30)/t19-,20-,22+/m1/s1. The van der Waals surface area contributed by atoms with Crippen LogP contribution in [0.15, 0.2) is 59.5 Å². The molecular weight excluding hydrogens is 466 g/mol. The van der Waals surface area contributed by atoms with Crippen molar-refractivity contribution in [2.75, 3.05) is 12.8 Å².